The maximum atomic E-state index is 10.5. The Balaban J connectivity index is 0.00000162. The fourth-order valence-electron chi connectivity index (χ4n) is 1.34. The second-order valence-electron chi connectivity index (χ2n) is 3.28. The third kappa shape index (κ3) is 4.80. The smallest absolute Gasteiger partial charge is 0.129 e. The van der Waals surface area contributed by atoms with E-state index >= 15 is 0 Å². The van der Waals surface area contributed by atoms with Gasteiger partial charge in [0.1, 0.15) is 11.5 Å². The van der Waals surface area contributed by atoms with Crippen LogP contribution in [-0.4, -0.2) is 38.3 Å². The Labute approximate surface area is 130 Å². The zero-order valence-corrected chi connectivity index (χ0v) is 12.6. The number of nitrogens with one attached hydrogen (secondary N) is 1. The molecule has 89 valence electrons. The predicted molar refractivity (Wildman–Crippen MR) is 71.3 cm³/mol. The Hall–Kier alpha value is -0.850. The molecule has 0 aliphatic carbocycles. The number of hydrogen-bond donors (Lipinski definition) is 1. The molecule has 1 radical (unpaired) electrons. The molecule has 0 spiro atoms. The quantitative estimate of drug-likeness (QED) is 0.685. The zero-order valence-electron chi connectivity index (χ0n) is 9.83. The molecule has 0 heterocycles. The third-order valence-corrected chi connectivity index (χ3v) is 2.42. The van der Waals surface area contributed by atoms with Gasteiger partial charge in [0.2, 0.25) is 0 Å². The van der Waals surface area contributed by atoms with E-state index in [1.165, 1.54) is 0 Å². The first kappa shape index (κ1) is 15.2. The summed E-state index contributed by atoms with van der Waals surface area (Å²) in [6, 6.07) is 16.0. The molecule has 0 bridgehead atoms. The van der Waals surface area contributed by atoms with Crippen molar-refractivity contribution >= 4 is 46.5 Å². The van der Waals surface area contributed by atoms with Crippen LogP contribution in [0.2, 0.25) is 0 Å². The van der Waals surface area contributed by atoms with Crippen LogP contribution in [0.4, 0.5) is 5.69 Å². The van der Waals surface area contributed by atoms with Crippen molar-refractivity contribution in [2.45, 2.75) is 0 Å². The summed E-state index contributed by atoms with van der Waals surface area (Å²) in [6.45, 7) is 0. The van der Waals surface area contributed by atoms with E-state index in [4.69, 9.17) is 4.74 Å². The maximum Gasteiger partial charge on any atom is 0.129 e. The summed E-state index contributed by atoms with van der Waals surface area (Å²) in [5, 5.41) is 0. The van der Waals surface area contributed by atoms with E-state index in [1.54, 1.807) is 24.3 Å². The minimum Gasteiger partial charge on any atom is -0.755 e. The molecule has 1 atom stereocenters. The summed E-state index contributed by atoms with van der Waals surface area (Å²) in [7, 11) is 0. The average molecular weight is 271 g/mol. The molecule has 0 saturated carbocycles. The number of benzene rings is 2. The predicted octanol–water partition coefficient (Wildman–Crippen LogP) is 2.30. The molecule has 1 unspecified atom stereocenters. The Kier molecular flexibility index (Phi) is 6.38. The van der Waals surface area contributed by atoms with Gasteiger partial charge in [-0.15, -0.1) is 0 Å². The largest absolute Gasteiger partial charge is 0.755 e. The van der Waals surface area contributed by atoms with Gasteiger partial charge in [0.15, 0.2) is 0 Å². The molecule has 0 aromatic heterocycles. The summed E-state index contributed by atoms with van der Waals surface area (Å²) in [6.07, 6.45) is 0. The van der Waals surface area contributed by atoms with E-state index < -0.39 is 11.3 Å². The molecule has 0 aliphatic heterocycles. The van der Waals surface area contributed by atoms with Crippen molar-refractivity contribution in [3.63, 3.8) is 0 Å². The van der Waals surface area contributed by atoms with Crippen molar-refractivity contribution in [1.82, 2.24) is 0 Å². The standard InChI is InChI=1S/C12H11NO3S.Na/c14-17(15)13-10-5-4-8-12(9-10)16-11-6-2-1-3-7-11;/h1-9,13H,(H,14,15);/p-1. The normalized spacial score (nSPS) is 11.2. The summed E-state index contributed by atoms with van der Waals surface area (Å²) in [5.74, 6) is 1.28. The summed E-state index contributed by atoms with van der Waals surface area (Å²) < 4.78 is 28.8. The fourth-order valence-corrected chi connectivity index (χ4v) is 1.66. The van der Waals surface area contributed by atoms with Crippen LogP contribution in [-0.2, 0) is 11.3 Å². The minimum atomic E-state index is -2.33. The molecule has 0 aliphatic rings. The van der Waals surface area contributed by atoms with Crippen molar-refractivity contribution < 1.29 is 13.5 Å². The molecule has 0 saturated heterocycles. The van der Waals surface area contributed by atoms with Gasteiger partial charge in [-0.3, -0.25) is 4.21 Å². The van der Waals surface area contributed by atoms with E-state index in [0.717, 1.165) is 0 Å². The van der Waals surface area contributed by atoms with Crippen LogP contribution >= 0.6 is 0 Å². The maximum absolute atomic E-state index is 10.5. The second-order valence-corrected chi connectivity index (χ2v) is 3.95. The molecule has 2 aromatic carbocycles. The first-order valence-corrected chi connectivity index (χ1v) is 6.00. The van der Waals surface area contributed by atoms with Gasteiger partial charge >= 0.3 is 0 Å². The molecular formula is C12H10NNaO3S-. The number of para-hydroxylation sites is 1. The van der Waals surface area contributed by atoms with Crippen molar-refractivity contribution in [3.8, 4) is 11.5 Å². The van der Waals surface area contributed by atoms with Crippen LogP contribution < -0.4 is 9.46 Å². The van der Waals surface area contributed by atoms with Gasteiger partial charge in [-0.25, -0.2) is 0 Å². The zero-order chi connectivity index (χ0) is 12.1. The van der Waals surface area contributed by atoms with E-state index in [0.29, 0.717) is 17.2 Å². The van der Waals surface area contributed by atoms with E-state index in [9.17, 15) is 8.76 Å². The van der Waals surface area contributed by atoms with Gasteiger partial charge in [-0.2, -0.15) is 0 Å². The van der Waals surface area contributed by atoms with Crippen molar-refractivity contribution in [3.05, 3.63) is 54.6 Å². The van der Waals surface area contributed by atoms with Gasteiger partial charge in [-0.1, -0.05) is 24.3 Å². The number of anilines is 1. The fraction of sp³-hybridized carbons (Fsp3) is 0. The van der Waals surface area contributed by atoms with Gasteiger partial charge in [0, 0.05) is 52.6 Å². The van der Waals surface area contributed by atoms with Gasteiger partial charge in [-0.05, 0) is 24.3 Å². The van der Waals surface area contributed by atoms with Crippen molar-refractivity contribution in [2.75, 3.05) is 4.72 Å². The van der Waals surface area contributed by atoms with Crippen LogP contribution in [0.3, 0.4) is 0 Å². The van der Waals surface area contributed by atoms with E-state index in [-0.39, 0.29) is 29.6 Å². The monoisotopic (exact) mass is 271 g/mol. The number of ether oxygens (including phenoxy) is 1. The van der Waals surface area contributed by atoms with Gasteiger partial charge in [0.25, 0.3) is 0 Å². The van der Waals surface area contributed by atoms with E-state index in [2.05, 4.69) is 4.72 Å². The SMILES string of the molecule is O=S([O-])Nc1cccc(Oc2ccccc2)c1.[Na]. The molecular weight excluding hydrogens is 261 g/mol. The first-order chi connectivity index (χ1) is 8.24. The van der Waals surface area contributed by atoms with Crippen LogP contribution in [0.25, 0.3) is 0 Å². The number of rotatable bonds is 4. The Morgan fingerprint density at radius 2 is 1.67 bits per heavy atom. The molecule has 0 fully saturated rings. The third-order valence-electron chi connectivity index (χ3n) is 2.01. The summed E-state index contributed by atoms with van der Waals surface area (Å²) in [4.78, 5) is 0. The Morgan fingerprint density at radius 1 is 1.00 bits per heavy atom. The average Bonchev–Trinajstić information content (AvgIpc) is 2.30. The number of hydrogen-bond acceptors (Lipinski definition) is 3. The first-order valence-electron chi connectivity index (χ1n) is 4.93. The second kappa shape index (κ2) is 7.56. The molecule has 2 rings (SSSR count). The topological polar surface area (TPSA) is 61.4 Å². The summed E-state index contributed by atoms with van der Waals surface area (Å²) in [5.41, 5.74) is 0.465. The Bertz CT molecular complexity index is 522. The molecule has 4 nitrogen and oxygen atoms in total. The molecule has 6 heteroatoms. The van der Waals surface area contributed by atoms with E-state index in [1.807, 2.05) is 30.3 Å². The molecule has 18 heavy (non-hydrogen) atoms. The molecule has 1 N–H and O–H groups in total. The minimum absolute atomic E-state index is 0. The van der Waals surface area contributed by atoms with Gasteiger partial charge < -0.3 is 14.0 Å². The van der Waals surface area contributed by atoms with Crippen LogP contribution in [0.15, 0.2) is 54.6 Å². The summed E-state index contributed by atoms with van der Waals surface area (Å²) >= 11 is -2.33. The van der Waals surface area contributed by atoms with Crippen molar-refractivity contribution in [1.29, 1.82) is 0 Å². The molecule has 2 aromatic rings. The molecule has 0 amide bonds. The Morgan fingerprint density at radius 3 is 2.33 bits per heavy atom. The van der Waals surface area contributed by atoms with Crippen LogP contribution in [0.5, 0.6) is 11.5 Å². The van der Waals surface area contributed by atoms with Crippen LogP contribution in [0.1, 0.15) is 0 Å². The van der Waals surface area contributed by atoms with Crippen molar-refractivity contribution in [2.24, 2.45) is 0 Å². The van der Waals surface area contributed by atoms with Gasteiger partial charge in [0.05, 0.1) is 0 Å². The van der Waals surface area contributed by atoms with Crippen LogP contribution in [0, 0.1) is 0 Å².